The molecule has 1 atom stereocenters. The van der Waals surface area contributed by atoms with Crippen LogP contribution in [-0.2, 0) is 10.2 Å². The van der Waals surface area contributed by atoms with Gasteiger partial charge in [-0.25, -0.2) is 9.37 Å². The smallest absolute Gasteiger partial charge is 0.293 e. The molecule has 15 heteroatoms. The van der Waals surface area contributed by atoms with Gasteiger partial charge in [0.1, 0.15) is 5.82 Å². The normalized spacial score (nSPS) is 15.8. The van der Waals surface area contributed by atoms with E-state index in [1.807, 2.05) is 59.0 Å². The van der Waals surface area contributed by atoms with Crippen LogP contribution in [0.25, 0.3) is 33.4 Å². The van der Waals surface area contributed by atoms with Gasteiger partial charge in [0, 0.05) is 98.3 Å². The number of aromatic nitrogens is 5. The zero-order valence-electron chi connectivity index (χ0n) is 36.2. The summed E-state index contributed by atoms with van der Waals surface area (Å²) in [6.45, 7) is 17.1. The number of fused-ring (bicyclic) bond motifs is 1. The van der Waals surface area contributed by atoms with Gasteiger partial charge < -0.3 is 30.7 Å². The first-order valence-electron chi connectivity index (χ1n) is 21.5. The number of amides is 2. The second kappa shape index (κ2) is 17.9. The number of pyridine rings is 1. The molecule has 0 radical (unpaired) electrons. The number of piperidine rings is 1. The second-order valence-corrected chi connectivity index (χ2v) is 17.7. The molecule has 324 valence electrons. The lowest BCUT2D eigenvalue weighted by Crippen LogP contribution is -2.49. The molecule has 2 aliphatic rings. The van der Waals surface area contributed by atoms with Crippen LogP contribution in [0.2, 0.25) is 0 Å². The molecule has 0 unspecified atom stereocenters. The van der Waals surface area contributed by atoms with E-state index in [-0.39, 0.29) is 35.4 Å². The Balaban J connectivity index is 0.833. The van der Waals surface area contributed by atoms with Crippen molar-refractivity contribution in [3.8, 4) is 22.4 Å². The van der Waals surface area contributed by atoms with E-state index in [0.29, 0.717) is 29.7 Å². The molecular weight excluding hydrogens is 786 g/mol. The topological polar surface area (TPSA) is 174 Å². The lowest BCUT2D eigenvalue weighted by molar-refractivity contribution is -0.117. The zero-order chi connectivity index (χ0) is 43.5. The van der Waals surface area contributed by atoms with Crippen molar-refractivity contribution in [3.05, 3.63) is 102 Å². The molecule has 8 rings (SSSR count). The van der Waals surface area contributed by atoms with Gasteiger partial charge in [-0.3, -0.25) is 19.6 Å². The molecule has 2 saturated heterocycles. The van der Waals surface area contributed by atoms with Gasteiger partial charge in [0.2, 0.25) is 11.8 Å². The quantitative estimate of drug-likeness (QED) is 0.0924. The van der Waals surface area contributed by atoms with Gasteiger partial charge in [0.25, 0.3) is 11.7 Å². The predicted octanol–water partition coefficient (Wildman–Crippen LogP) is 7.24. The number of aromatic amines is 1. The summed E-state index contributed by atoms with van der Waals surface area (Å²) in [7, 11) is 0. The standard InChI is InChI=1S/C47H56FN11O3/c1-29-24-33(8-12-37(29)30(2)52-45(61)44-53-46(62-56-44)47(3,4)5)42-38-25-34(27-51-43(38)55-54-42)32-6-9-35(10-7-32)59-22-20-57(21-23-59)28-31-15-18-58(19-16-31)36-11-13-40(39(48)26-36)50-17-14-41(49)60/h6-13,24-27,30-31,50H,14-23,28H2,1-5H3,(H2,49,60)(H,52,61)(H,51,54,55)/t30-/m1/s1. The van der Waals surface area contributed by atoms with Gasteiger partial charge in [-0.1, -0.05) is 50.2 Å². The number of aryl methyl sites for hydroxylation is 1. The third kappa shape index (κ3) is 9.57. The van der Waals surface area contributed by atoms with Crippen LogP contribution in [0.4, 0.5) is 21.5 Å². The van der Waals surface area contributed by atoms with Gasteiger partial charge in [-0.2, -0.15) is 10.1 Å². The van der Waals surface area contributed by atoms with Gasteiger partial charge >= 0.3 is 0 Å². The zero-order valence-corrected chi connectivity index (χ0v) is 36.2. The number of anilines is 3. The van der Waals surface area contributed by atoms with Gasteiger partial charge in [-0.05, 0) is 91.8 Å². The number of carbonyl (C=O) groups excluding carboxylic acids is 2. The number of benzene rings is 3. The van der Waals surface area contributed by atoms with Crippen LogP contribution in [0.3, 0.4) is 0 Å². The van der Waals surface area contributed by atoms with E-state index in [9.17, 15) is 14.0 Å². The van der Waals surface area contributed by atoms with E-state index >= 15 is 0 Å². The summed E-state index contributed by atoms with van der Waals surface area (Å²) < 4.78 is 20.1. The minimum atomic E-state index is -0.411. The molecule has 0 spiro atoms. The number of hydrogen-bond acceptors (Lipinski definition) is 11. The van der Waals surface area contributed by atoms with Crippen molar-refractivity contribution in [2.24, 2.45) is 11.7 Å². The Kier molecular flexibility index (Phi) is 12.2. The fourth-order valence-corrected chi connectivity index (χ4v) is 8.51. The first kappa shape index (κ1) is 42.3. The molecule has 2 aliphatic heterocycles. The number of nitrogens with two attached hydrogens (primary N) is 1. The van der Waals surface area contributed by atoms with Crippen molar-refractivity contribution in [2.45, 2.75) is 65.3 Å². The molecule has 62 heavy (non-hydrogen) atoms. The Morgan fingerprint density at radius 3 is 2.31 bits per heavy atom. The van der Waals surface area contributed by atoms with Crippen LogP contribution in [0, 0.1) is 18.7 Å². The summed E-state index contributed by atoms with van der Waals surface area (Å²) in [5, 5.41) is 18.5. The van der Waals surface area contributed by atoms with E-state index < -0.39 is 5.91 Å². The predicted molar refractivity (Wildman–Crippen MR) is 241 cm³/mol. The van der Waals surface area contributed by atoms with Crippen LogP contribution < -0.4 is 26.2 Å². The molecule has 0 aliphatic carbocycles. The Morgan fingerprint density at radius 2 is 1.63 bits per heavy atom. The maximum atomic E-state index is 14.8. The Hall–Kier alpha value is -6.35. The maximum Gasteiger partial charge on any atom is 0.293 e. The van der Waals surface area contributed by atoms with Crippen molar-refractivity contribution in [3.63, 3.8) is 0 Å². The highest BCUT2D eigenvalue weighted by molar-refractivity contribution is 5.94. The number of nitrogens with zero attached hydrogens (tertiary/aromatic N) is 7. The van der Waals surface area contributed by atoms with Gasteiger partial charge in [-0.15, -0.1) is 0 Å². The third-order valence-electron chi connectivity index (χ3n) is 12.1. The Morgan fingerprint density at radius 1 is 0.919 bits per heavy atom. The van der Waals surface area contributed by atoms with Crippen molar-refractivity contribution in [1.82, 2.24) is 35.5 Å². The number of H-pyrrole nitrogens is 1. The number of carbonyl (C=O) groups is 2. The number of piperazine rings is 1. The highest BCUT2D eigenvalue weighted by Gasteiger charge is 2.27. The van der Waals surface area contributed by atoms with Crippen molar-refractivity contribution in [2.75, 3.05) is 67.5 Å². The number of halogens is 1. The minimum absolute atomic E-state index is 0.0209. The average molecular weight is 842 g/mol. The molecular formula is C47H56FN11O3. The van der Waals surface area contributed by atoms with Gasteiger partial charge in [0.05, 0.1) is 17.4 Å². The van der Waals surface area contributed by atoms with E-state index in [0.717, 1.165) is 103 Å². The molecule has 5 heterocycles. The number of rotatable bonds is 13. The van der Waals surface area contributed by atoms with E-state index in [1.54, 1.807) is 12.1 Å². The summed E-state index contributed by atoms with van der Waals surface area (Å²) in [5.41, 5.74) is 14.0. The summed E-state index contributed by atoms with van der Waals surface area (Å²) >= 11 is 0. The SMILES string of the molecule is Cc1cc(-c2[nH]nc3ncc(-c4ccc(N5CCN(CC6CCN(c7ccc(NCCC(N)=O)c(F)c7)CC6)CC5)cc4)cc23)ccc1[C@@H](C)NC(=O)c1noc(C(C)(C)C)n1. The molecule has 6 aromatic rings. The van der Waals surface area contributed by atoms with Crippen LogP contribution in [0.15, 0.2) is 77.4 Å². The lowest BCUT2D eigenvalue weighted by atomic mass is 9.95. The van der Waals surface area contributed by atoms with Crippen LogP contribution >= 0.6 is 0 Å². The minimum Gasteiger partial charge on any atom is -0.382 e. The summed E-state index contributed by atoms with van der Waals surface area (Å²) in [4.78, 5) is 40.3. The third-order valence-corrected chi connectivity index (χ3v) is 12.1. The number of nitrogens with one attached hydrogen (secondary N) is 3. The first-order valence-corrected chi connectivity index (χ1v) is 21.5. The highest BCUT2D eigenvalue weighted by atomic mass is 19.1. The van der Waals surface area contributed by atoms with Crippen molar-refractivity contribution in [1.29, 1.82) is 0 Å². The maximum absolute atomic E-state index is 14.8. The van der Waals surface area contributed by atoms with Crippen molar-refractivity contribution < 1.29 is 18.5 Å². The van der Waals surface area contributed by atoms with E-state index in [4.69, 9.17) is 15.2 Å². The monoisotopic (exact) mass is 841 g/mol. The average Bonchev–Trinajstić information content (AvgIpc) is 3.94. The van der Waals surface area contributed by atoms with E-state index in [1.165, 1.54) is 5.69 Å². The molecule has 0 saturated carbocycles. The van der Waals surface area contributed by atoms with E-state index in [2.05, 4.69) is 82.1 Å². The number of hydrogen-bond donors (Lipinski definition) is 4. The number of primary amides is 1. The van der Waals surface area contributed by atoms with Crippen LogP contribution in [-0.4, -0.2) is 94.4 Å². The molecule has 2 fully saturated rings. The van der Waals surface area contributed by atoms with Crippen LogP contribution in [0.1, 0.15) is 80.6 Å². The summed E-state index contributed by atoms with van der Waals surface area (Å²) in [6, 6.07) is 22.1. The molecule has 5 N–H and O–H groups in total. The fourth-order valence-electron chi connectivity index (χ4n) is 8.51. The largest absolute Gasteiger partial charge is 0.382 e. The molecule has 3 aromatic heterocycles. The Labute approximate surface area is 361 Å². The fraction of sp³-hybridized carbons (Fsp3) is 0.404. The summed E-state index contributed by atoms with van der Waals surface area (Å²) in [5.74, 6) is -0.0486. The summed E-state index contributed by atoms with van der Waals surface area (Å²) in [6.07, 6.45) is 4.20. The molecule has 3 aromatic carbocycles. The molecule has 2 amide bonds. The van der Waals surface area contributed by atoms with Crippen LogP contribution in [0.5, 0.6) is 0 Å². The molecule has 14 nitrogen and oxygen atoms in total. The molecule has 0 bridgehead atoms. The lowest BCUT2D eigenvalue weighted by Gasteiger charge is -2.40. The van der Waals surface area contributed by atoms with Gasteiger partial charge in [0.15, 0.2) is 5.65 Å². The second-order valence-electron chi connectivity index (χ2n) is 17.7. The Bertz CT molecular complexity index is 2530. The highest BCUT2D eigenvalue weighted by Crippen LogP contribution is 2.33. The first-order chi connectivity index (χ1) is 29.8. The van der Waals surface area contributed by atoms with Crippen molar-refractivity contribution >= 4 is 39.9 Å².